The van der Waals surface area contributed by atoms with Gasteiger partial charge in [0.25, 0.3) is 5.69 Å². The number of carbonyl (C=O) groups is 2. The fourth-order valence-corrected chi connectivity index (χ4v) is 3.32. The summed E-state index contributed by atoms with van der Waals surface area (Å²) >= 11 is 0. The van der Waals surface area contributed by atoms with E-state index in [2.05, 4.69) is 0 Å². The predicted octanol–water partition coefficient (Wildman–Crippen LogP) is 2.88. The lowest BCUT2D eigenvalue weighted by Crippen LogP contribution is -2.24. The van der Waals surface area contributed by atoms with Gasteiger partial charge in [-0.25, -0.2) is 0 Å². The lowest BCUT2D eigenvalue weighted by Gasteiger charge is -2.20. The maximum atomic E-state index is 11.7. The van der Waals surface area contributed by atoms with E-state index in [0.29, 0.717) is 16.7 Å². The fourth-order valence-electron chi connectivity index (χ4n) is 3.32. The molecule has 7 nitrogen and oxygen atoms in total. The van der Waals surface area contributed by atoms with E-state index in [4.69, 9.17) is 5.11 Å². The maximum Gasteiger partial charge on any atom is 0.308 e. The van der Waals surface area contributed by atoms with Crippen LogP contribution >= 0.6 is 0 Å². The van der Waals surface area contributed by atoms with Crippen molar-refractivity contribution in [2.24, 2.45) is 5.92 Å². The van der Waals surface area contributed by atoms with Gasteiger partial charge in [0.2, 0.25) is 0 Å². The molecule has 0 unspecified atom stereocenters. The molecule has 1 aliphatic carbocycles. The molecule has 2 aromatic rings. The molecule has 0 radical (unpaired) electrons. The largest absolute Gasteiger partial charge is 0.481 e. The van der Waals surface area contributed by atoms with E-state index in [1.165, 1.54) is 12.1 Å². The summed E-state index contributed by atoms with van der Waals surface area (Å²) in [7, 11) is 0. The Bertz CT molecular complexity index is 860. The van der Waals surface area contributed by atoms with Crippen molar-refractivity contribution in [1.29, 1.82) is 0 Å². The molecule has 2 N–H and O–H groups in total. The zero-order chi connectivity index (χ0) is 17.4. The van der Waals surface area contributed by atoms with Crippen LogP contribution in [0.15, 0.2) is 42.5 Å². The van der Waals surface area contributed by atoms with Crippen LogP contribution in [0, 0.1) is 16.0 Å². The topological polar surface area (TPSA) is 118 Å². The number of nitro groups is 1. The van der Waals surface area contributed by atoms with Gasteiger partial charge in [0.05, 0.1) is 17.3 Å². The predicted molar refractivity (Wildman–Crippen MR) is 83.8 cm³/mol. The molecule has 0 aromatic heterocycles. The Kier molecular flexibility index (Phi) is 3.76. The Labute approximate surface area is 136 Å². The van der Waals surface area contributed by atoms with E-state index in [-0.39, 0.29) is 5.69 Å². The summed E-state index contributed by atoms with van der Waals surface area (Å²) in [6, 6.07) is 11.4. The number of fused-ring (bicyclic) bond motifs is 3. The van der Waals surface area contributed by atoms with Crippen LogP contribution in [-0.2, 0) is 9.59 Å². The molecule has 0 saturated heterocycles. The fraction of sp³-hybridized carbons (Fsp3) is 0.176. The number of rotatable bonds is 5. The molecule has 3 rings (SSSR count). The van der Waals surface area contributed by atoms with Crippen LogP contribution in [0.4, 0.5) is 5.69 Å². The van der Waals surface area contributed by atoms with Crippen molar-refractivity contribution in [3.05, 3.63) is 63.7 Å². The molecule has 2 atom stereocenters. The zero-order valence-electron chi connectivity index (χ0n) is 12.4. The zero-order valence-corrected chi connectivity index (χ0v) is 12.4. The average molecular weight is 327 g/mol. The normalized spacial score (nSPS) is 16.1. The third-order valence-electron chi connectivity index (χ3n) is 4.28. The molecule has 24 heavy (non-hydrogen) atoms. The molecule has 2 aromatic carbocycles. The molecule has 0 fully saturated rings. The Hall–Kier alpha value is -3.22. The van der Waals surface area contributed by atoms with E-state index < -0.39 is 35.1 Å². The van der Waals surface area contributed by atoms with Crippen molar-refractivity contribution in [2.45, 2.75) is 12.3 Å². The Balaban J connectivity index is 2.22. The number of carboxylic acid groups (broad SMARTS) is 2. The van der Waals surface area contributed by atoms with Gasteiger partial charge in [-0.15, -0.1) is 0 Å². The van der Waals surface area contributed by atoms with Crippen molar-refractivity contribution >= 4 is 17.6 Å². The summed E-state index contributed by atoms with van der Waals surface area (Å²) in [5, 5.41) is 29.6. The first kappa shape index (κ1) is 15.7. The minimum absolute atomic E-state index is 0.147. The number of aliphatic carboxylic acids is 2. The van der Waals surface area contributed by atoms with Crippen LogP contribution in [-0.4, -0.2) is 27.1 Å². The summed E-state index contributed by atoms with van der Waals surface area (Å²) in [5.74, 6) is -4.40. The molecule has 0 heterocycles. The highest BCUT2D eigenvalue weighted by Crippen LogP contribution is 2.49. The van der Waals surface area contributed by atoms with E-state index in [1.807, 2.05) is 0 Å². The SMILES string of the molecule is O=C(O)C[C@H](C(=O)O)[C@H]1c2ccccc2-c2ccc([N+](=O)[O-])cc21. The molecule has 0 aliphatic heterocycles. The number of hydrogen-bond donors (Lipinski definition) is 2. The van der Waals surface area contributed by atoms with E-state index in [1.54, 1.807) is 30.3 Å². The second-order valence-corrected chi connectivity index (χ2v) is 5.64. The molecule has 1 aliphatic rings. The summed E-state index contributed by atoms with van der Waals surface area (Å²) in [5.41, 5.74) is 2.51. The number of hydrogen-bond acceptors (Lipinski definition) is 4. The number of carboxylic acids is 2. The first-order valence-corrected chi connectivity index (χ1v) is 7.22. The molecule has 7 heteroatoms. The first-order chi connectivity index (χ1) is 11.4. The lowest BCUT2D eigenvalue weighted by atomic mass is 9.82. The molecular weight excluding hydrogens is 314 g/mol. The van der Waals surface area contributed by atoms with Crippen LogP contribution in [0.5, 0.6) is 0 Å². The lowest BCUT2D eigenvalue weighted by molar-refractivity contribution is -0.384. The smallest absolute Gasteiger partial charge is 0.308 e. The van der Waals surface area contributed by atoms with Gasteiger partial charge >= 0.3 is 11.9 Å². The van der Waals surface area contributed by atoms with Gasteiger partial charge in [0, 0.05) is 18.1 Å². The van der Waals surface area contributed by atoms with Gasteiger partial charge in [-0.1, -0.05) is 24.3 Å². The van der Waals surface area contributed by atoms with Crippen molar-refractivity contribution in [3.63, 3.8) is 0 Å². The minimum atomic E-state index is -1.24. The van der Waals surface area contributed by atoms with Gasteiger partial charge in [-0.2, -0.15) is 0 Å². The molecule has 0 saturated carbocycles. The number of benzene rings is 2. The Morgan fingerprint density at radius 1 is 1.08 bits per heavy atom. The number of non-ortho nitro benzene ring substituents is 1. The second-order valence-electron chi connectivity index (χ2n) is 5.64. The van der Waals surface area contributed by atoms with E-state index in [0.717, 1.165) is 5.56 Å². The van der Waals surface area contributed by atoms with Gasteiger partial charge in [0.15, 0.2) is 0 Å². The number of nitro benzene ring substituents is 1. The molecule has 0 amide bonds. The maximum absolute atomic E-state index is 11.7. The van der Waals surface area contributed by atoms with Crippen molar-refractivity contribution in [3.8, 4) is 11.1 Å². The highest BCUT2D eigenvalue weighted by atomic mass is 16.6. The summed E-state index contributed by atoms with van der Waals surface area (Å²) in [6.07, 6.45) is -0.559. The third-order valence-corrected chi connectivity index (χ3v) is 4.28. The van der Waals surface area contributed by atoms with Crippen LogP contribution in [0.3, 0.4) is 0 Å². The summed E-state index contributed by atoms with van der Waals surface area (Å²) in [4.78, 5) is 33.3. The van der Waals surface area contributed by atoms with Crippen LogP contribution in [0.1, 0.15) is 23.5 Å². The van der Waals surface area contributed by atoms with Crippen molar-refractivity contribution < 1.29 is 24.7 Å². The van der Waals surface area contributed by atoms with Crippen LogP contribution in [0.25, 0.3) is 11.1 Å². The standard InChI is InChI=1S/C17H13NO6/c19-15(20)8-14(17(21)22)16-12-4-2-1-3-10(12)11-6-5-9(18(23)24)7-13(11)16/h1-7,14,16H,8H2,(H,19,20)(H,21,22)/t14-,16-/m0/s1. The molecule has 122 valence electrons. The Morgan fingerprint density at radius 3 is 2.38 bits per heavy atom. The highest BCUT2D eigenvalue weighted by molar-refractivity contribution is 5.86. The van der Waals surface area contributed by atoms with Crippen LogP contribution < -0.4 is 0 Å². The second kappa shape index (κ2) is 5.77. The molecular formula is C17H13NO6. The van der Waals surface area contributed by atoms with E-state index >= 15 is 0 Å². The summed E-state index contributed by atoms with van der Waals surface area (Å²) in [6.45, 7) is 0. The van der Waals surface area contributed by atoms with Gasteiger partial charge in [0.1, 0.15) is 0 Å². The van der Waals surface area contributed by atoms with Crippen LogP contribution in [0.2, 0.25) is 0 Å². The quantitative estimate of drug-likeness (QED) is 0.644. The van der Waals surface area contributed by atoms with Gasteiger partial charge in [-0.3, -0.25) is 19.7 Å². The highest BCUT2D eigenvalue weighted by Gasteiger charge is 2.39. The number of nitrogens with zero attached hydrogens (tertiary/aromatic N) is 1. The average Bonchev–Trinajstić information content (AvgIpc) is 2.85. The molecule has 0 spiro atoms. The van der Waals surface area contributed by atoms with E-state index in [9.17, 15) is 24.8 Å². The first-order valence-electron chi connectivity index (χ1n) is 7.22. The minimum Gasteiger partial charge on any atom is -0.481 e. The van der Waals surface area contributed by atoms with Crippen molar-refractivity contribution in [1.82, 2.24) is 0 Å². The van der Waals surface area contributed by atoms with Gasteiger partial charge < -0.3 is 10.2 Å². The Morgan fingerprint density at radius 2 is 1.75 bits per heavy atom. The monoisotopic (exact) mass is 327 g/mol. The van der Waals surface area contributed by atoms with Crippen molar-refractivity contribution in [2.75, 3.05) is 0 Å². The molecule has 0 bridgehead atoms. The van der Waals surface area contributed by atoms with Gasteiger partial charge in [-0.05, 0) is 28.3 Å². The summed E-state index contributed by atoms with van der Waals surface area (Å²) < 4.78 is 0. The third kappa shape index (κ3) is 2.50.